The summed E-state index contributed by atoms with van der Waals surface area (Å²) in [5, 5.41) is 4.35. The maximum absolute atomic E-state index is 12.3. The van der Waals surface area contributed by atoms with E-state index in [9.17, 15) is 4.79 Å². The summed E-state index contributed by atoms with van der Waals surface area (Å²) in [5.41, 5.74) is 8.18. The smallest absolute Gasteiger partial charge is 0.231 e. The van der Waals surface area contributed by atoms with E-state index in [1.165, 1.54) is 25.8 Å². The van der Waals surface area contributed by atoms with Gasteiger partial charge in [0.15, 0.2) is 5.96 Å². The zero-order valence-electron chi connectivity index (χ0n) is 13.7. The highest BCUT2D eigenvalue weighted by molar-refractivity contribution is 7.15. The van der Waals surface area contributed by atoms with Crippen molar-refractivity contribution in [3.63, 3.8) is 0 Å². The quantitative estimate of drug-likeness (QED) is 0.893. The van der Waals surface area contributed by atoms with E-state index in [1.807, 2.05) is 6.92 Å². The van der Waals surface area contributed by atoms with Gasteiger partial charge in [0.1, 0.15) is 0 Å². The fourth-order valence-electron chi connectivity index (χ4n) is 3.45. The van der Waals surface area contributed by atoms with Gasteiger partial charge in [-0.15, -0.1) is 22.7 Å². The van der Waals surface area contributed by atoms with Gasteiger partial charge in [-0.05, 0) is 36.4 Å². The molecule has 124 valence electrons. The molecule has 0 fully saturated rings. The molecule has 0 spiro atoms. The Hall–Kier alpha value is -1.92. The number of rotatable bonds is 2. The van der Waals surface area contributed by atoms with Gasteiger partial charge in [0.05, 0.1) is 12.0 Å². The third-order valence-corrected chi connectivity index (χ3v) is 6.91. The van der Waals surface area contributed by atoms with E-state index in [0.717, 1.165) is 6.42 Å². The van der Waals surface area contributed by atoms with Crippen LogP contribution in [0.4, 0.5) is 0 Å². The molecule has 4 rings (SSSR count). The van der Waals surface area contributed by atoms with Crippen molar-refractivity contribution in [2.24, 2.45) is 16.6 Å². The van der Waals surface area contributed by atoms with Crippen LogP contribution in [0.15, 0.2) is 34.0 Å². The van der Waals surface area contributed by atoms with Gasteiger partial charge < -0.3 is 5.73 Å². The van der Waals surface area contributed by atoms with Gasteiger partial charge in [-0.2, -0.15) is 0 Å². The average molecular weight is 358 g/mol. The fraction of sp³-hybridized carbons (Fsp3) is 0.333. The van der Waals surface area contributed by atoms with Crippen LogP contribution in [-0.4, -0.2) is 29.4 Å². The first-order chi connectivity index (χ1) is 11.5. The van der Waals surface area contributed by atoms with Gasteiger partial charge in [0, 0.05) is 33.7 Å². The van der Waals surface area contributed by atoms with Crippen LogP contribution < -0.4 is 5.73 Å². The molecule has 2 aromatic rings. The van der Waals surface area contributed by atoms with Gasteiger partial charge in [-0.25, -0.2) is 4.99 Å². The third kappa shape index (κ3) is 2.41. The summed E-state index contributed by atoms with van der Waals surface area (Å²) in [6.07, 6.45) is 5.68. The Labute approximate surface area is 149 Å². The molecular formula is C18H19N3OS2. The van der Waals surface area contributed by atoms with Crippen molar-refractivity contribution in [3.05, 3.63) is 39.4 Å². The normalized spacial score (nSPS) is 26.4. The number of nitrogens with two attached hydrogens (primary N) is 1. The maximum atomic E-state index is 12.3. The van der Waals surface area contributed by atoms with E-state index in [0.29, 0.717) is 12.4 Å². The van der Waals surface area contributed by atoms with E-state index in [2.05, 4.69) is 40.0 Å². The van der Waals surface area contributed by atoms with Crippen molar-refractivity contribution in [3.8, 4) is 10.4 Å². The second kappa shape index (κ2) is 5.57. The highest BCUT2D eigenvalue weighted by Gasteiger charge is 2.41. The van der Waals surface area contributed by atoms with Crippen LogP contribution in [0.25, 0.3) is 16.5 Å². The minimum absolute atomic E-state index is 0.0352. The van der Waals surface area contributed by atoms with Crippen LogP contribution >= 0.6 is 22.7 Å². The monoisotopic (exact) mass is 357 g/mol. The zero-order chi connectivity index (χ0) is 16.9. The largest absolute Gasteiger partial charge is 0.369 e. The van der Waals surface area contributed by atoms with Crippen molar-refractivity contribution in [2.45, 2.75) is 25.3 Å². The SMILES string of the molecule is CN1C(=O)C[C@@](C)(C2C=Cc3scc(-c4cccs4)c3C2)N=C1N. The summed E-state index contributed by atoms with van der Waals surface area (Å²) in [4.78, 5) is 21.0. The summed E-state index contributed by atoms with van der Waals surface area (Å²) >= 11 is 3.55. The minimum Gasteiger partial charge on any atom is -0.369 e. The molecule has 4 nitrogen and oxygen atoms in total. The number of carbonyl (C=O) groups excluding carboxylic acids is 1. The topological polar surface area (TPSA) is 58.7 Å². The molecule has 0 aromatic carbocycles. The van der Waals surface area contributed by atoms with Gasteiger partial charge in [-0.3, -0.25) is 9.69 Å². The van der Waals surface area contributed by atoms with Crippen molar-refractivity contribution < 1.29 is 4.79 Å². The molecule has 6 heteroatoms. The van der Waals surface area contributed by atoms with Crippen LogP contribution in [0.2, 0.25) is 0 Å². The number of nitrogens with zero attached hydrogens (tertiary/aromatic N) is 2. The summed E-state index contributed by atoms with van der Waals surface area (Å²) in [7, 11) is 1.68. The van der Waals surface area contributed by atoms with Crippen molar-refractivity contribution >= 4 is 40.6 Å². The fourth-order valence-corrected chi connectivity index (χ4v) is 5.30. The number of fused-ring (bicyclic) bond motifs is 1. The molecule has 1 amide bonds. The van der Waals surface area contributed by atoms with E-state index in [1.54, 1.807) is 29.7 Å². The standard InChI is InChI=1S/C18H19N3OS2/c1-18(9-16(22)21(2)17(19)20-18)11-5-6-15-12(8-11)13(10-24-15)14-4-3-7-23-14/h3-7,10-11H,8-9H2,1-2H3,(H2,19,20)/t11?,18-/m0/s1. The molecule has 2 atom stereocenters. The van der Waals surface area contributed by atoms with Crippen LogP contribution in [0, 0.1) is 5.92 Å². The van der Waals surface area contributed by atoms with Crippen LogP contribution in [0.5, 0.6) is 0 Å². The van der Waals surface area contributed by atoms with Crippen molar-refractivity contribution in [1.82, 2.24) is 4.90 Å². The second-order valence-electron chi connectivity index (χ2n) is 6.60. The Balaban J connectivity index is 1.70. The number of hydrogen-bond donors (Lipinski definition) is 1. The summed E-state index contributed by atoms with van der Waals surface area (Å²) in [6, 6.07) is 4.25. The van der Waals surface area contributed by atoms with Crippen molar-refractivity contribution in [1.29, 1.82) is 0 Å². The molecule has 0 bridgehead atoms. The number of carbonyl (C=O) groups is 1. The van der Waals surface area contributed by atoms with E-state index >= 15 is 0 Å². The molecule has 1 aliphatic heterocycles. The van der Waals surface area contributed by atoms with E-state index < -0.39 is 5.54 Å². The highest BCUT2D eigenvalue weighted by Crippen LogP contribution is 2.43. The summed E-state index contributed by atoms with van der Waals surface area (Å²) < 4.78 is 0. The number of hydrogen-bond acceptors (Lipinski definition) is 5. The van der Waals surface area contributed by atoms with Crippen LogP contribution in [0.1, 0.15) is 23.8 Å². The molecule has 0 saturated heterocycles. The lowest BCUT2D eigenvalue weighted by Crippen LogP contribution is -2.51. The first-order valence-electron chi connectivity index (χ1n) is 7.92. The molecule has 2 aromatic heterocycles. The Bertz CT molecular complexity index is 850. The van der Waals surface area contributed by atoms with Gasteiger partial charge in [0.25, 0.3) is 0 Å². The molecule has 1 aliphatic carbocycles. The third-order valence-electron chi connectivity index (χ3n) is 5.01. The van der Waals surface area contributed by atoms with E-state index in [4.69, 9.17) is 5.73 Å². The molecular weight excluding hydrogens is 338 g/mol. The Morgan fingerprint density at radius 1 is 1.42 bits per heavy atom. The summed E-state index contributed by atoms with van der Waals surface area (Å²) in [6.45, 7) is 2.04. The van der Waals surface area contributed by atoms with E-state index in [-0.39, 0.29) is 11.8 Å². The first kappa shape index (κ1) is 15.6. The Morgan fingerprint density at radius 2 is 2.25 bits per heavy atom. The maximum Gasteiger partial charge on any atom is 0.231 e. The molecule has 3 heterocycles. The molecule has 2 aliphatic rings. The van der Waals surface area contributed by atoms with Crippen LogP contribution in [0.3, 0.4) is 0 Å². The Morgan fingerprint density at radius 3 is 2.96 bits per heavy atom. The number of amides is 1. The van der Waals surface area contributed by atoms with Gasteiger partial charge in [-0.1, -0.05) is 12.1 Å². The predicted octanol–water partition coefficient (Wildman–Crippen LogP) is 3.60. The number of aliphatic imine (C=N–C) groups is 1. The predicted molar refractivity (Wildman–Crippen MR) is 101 cm³/mol. The van der Waals surface area contributed by atoms with Crippen LogP contribution in [-0.2, 0) is 11.2 Å². The molecule has 24 heavy (non-hydrogen) atoms. The van der Waals surface area contributed by atoms with Gasteiger partial charge >= 0.3 is 0 Å². The zero-order valence-corrected chi connectivity index (χ0v) is 15.3. The lowest BCUT2D eigenvalue weighted by atomic mass is 9.76. The average Bonchev–Trinajstić information content (AvgIpc) is 3.20. The molecule has 0 radical (unpaired) electrons. The second-order valence-corrected chi connectivity index (χ2v) is 8.45. The van der Waals surface area contributed by atoms with Crippen molar-refractivity contribution in [2.75, 3.05) is 7.05 Å². The molecule has 0 saturated carbocycles. The highest BCUT2D eigenvalue weighted by atomic mass is 32.1. The molecule has 2 N–H and O–H groups in total. The number of guanidine groups is 1. The number of thiophene rings is 2. The first-order valence-corrected chi connectivity index (χ1v) is 9.68. The molecule has 1 unspecified atom stereocenters. The van der Waals surface area contributed by atoms with Gasteiger partial charge in [0.2, 0.25) is 5.91 Å². The minimum atomic E-state index is -0.476. The summed E-state index contributed by atoms with van der Waals surface area (Å²) in [5.74, 6) is 0.527. The lowest BCUT2D eigenvalue weighted by molar-refractivity contribution is -0.128. The Kier molecular flexibility index (Phi) is 3.62. The lowest BCUT2D eigenvalue weighted by Gasteiger charge is -2.39.